The van der Waals surface area contributed by atoms with Crippen molar-refractivity contribution >= 4 is 23.2 Å². The van der Waals surface area contributed by atoms with E-state index < -0.39 is 0 Å². The van der Waals surface area contributed by atoms with Crippen LogP contribution in [0.15, 0.2) is 70.2 Å². The van der Waals surface area contributed by atoms with Crippen molar-refractivity contribution in [2.75, 3.05) is 5.32 Å². The highest BCUT2D eigenvalue weighted by molar-refractivity contribution is 6.30. The van der Waals surface area contributed by atoms with E-state index in [0.717, 1.165) is 11.3 Å². The normalized spacial score (nSPS) is 10.8. The Morgan fingerprint density at radius 2 is 2.03 bits per heavy atom. The van der Waals surface area contributed by atoms with Crippen LogP contribution in [0.3, 0.4) is 0 Å². The number of halogens is 1. The fraction of sp³-hybridized carbons (Fsp3) is 0.0952. The van der Waals surface area contributed by atoms with Crippen LogP contribution >= 0.6 is 11.6 Å². The number of oxazole rings is 1. The predicted molar refractivity (Wildman–Crippen MR) is 110 cm³/mol. The van der Waals surface area contributed by atoms with Crippen molar-refractivity contribution < 1.29 is 9.21 Å². The summed E-state index contributed by atoms with van der Waals surface area (Å²) in [4.78, 5) is 31.4. The van der Waals surface area contributed by atoms with Gasteiger partial charge in [-0.15, -0.1) is 0 Å². The van der Waals surface area contributed by atoms with Gasteiger partial charge in [-0.25, -0.2) is 9.78 Å². The van der Waals surface area contributed by atoms with Crippen molar-refractivity contribution in [1.82, 2.24) is 14.5 Å². The summed E-state index contributed by atoms with van der Waals surface area (Å²) < 4.78 is 6.99. The number of amides is 1. The van der Waals surface area contributed by atoms with Crippen molar-refractivity contribution in [3.05, 3.63) is 87.9 Å². The molecule has 2 N–H and O–H groups in total. The maximum atomic E-state index is 12.4. The molecule has 0 aliphatic carbocycles. The Bertz CT molecular complexity index is 1220. The number of nitrogens with one attached hydrogen (secondary N) is 2. The third kappa shape index (κ3) is 4.14. The zero-order valence-corrected chi connectivity index (χ0v) is 16.2. The van der Waals surface area contributed by atoms with Gasteiger partial charge in [0, 0.05) is 28.2 Å². The highest BCUT2D eigenvalue weighted by atomic mass is 35.5. The topological polar surface area (TPSA) is 92.9 Å². The molecule has 4 rings (SSSR count). The molecule has 0 aliphatic rings. The van der Waals surface area contributed by atoms with Crippen molar-refractivity contribution in [1.29, 1.82) is 0 Å². The lowest BCUT2D eigenvalue weighted by Crippen LogP contribution is -2.17. The summed E-state index contributed by atoms with van der Waals surface area (Å²) in [6.07, 6.45) is 3.16. The minimum Gasteiger partial charge on any atom is -0.444 e. The standard InChI is InChI=1S/C21H17ClN4O3/c1-13-11-23-21(28)26(13)18-4-2-3-16(9-18)24-19(27)10-17-12-29-20(25-17)14-5-7-15(22)8-6-14/h2-9,11-12H,10H2,1H3,(H,23,28)(H,24,27). The van der Waals surface area contributed by atoms with Gasteiger partial charge in [0.2, 0.25) is 11.8 Å². The summed E-state index contributed by atoms with van der Waals surface area (Å²) in [5, 5.41) is 3.45. The first-order valence-electron chi connectivity index (χ1n) is 8.87. The molecule has 0 saturated carbocycles. The molecule has 0 bridgehead atoms. The van der Waals surface area contributed by atoms with E-state index in [1.165, 1.54) is 10.8 Å². The third-order valence-electron chi connectivity index (χ3n) is 4.33. The van der Waals surface area contributed by atoms with E-state index in [4.69, 9.17) is 16.0 Å². The molecular formula is C21H17ClN4O3. The molecule has 0 aliphatic heterocycles. The zero-order valence-electron chi connectivity index (χ0n) is 15.5. The molecule has 0 radical (unpaired) electrons. The summed E-state index contributed by atoms with van der Waals surface area (Å²) in [6.45, 7) is 1.83. The number of aromatic amines is 1. The van der Waals surface area contributed by atoms with Crippen LogP contribution in [0.25, 0.3) is 17.1 Å². The molecule has 146 valence electrons. The Kier molecular flexibility index (Phi) is 5.05. The number of imidazole rings is 1. The summed E-state index contributed by atoms with van der Waals surface area (Å²) in [7, 11) is 0. The minimum atomic E-state index is -0.240. The molecule has 0 saturated heterocycles. The maximum Gasteiger partial charge on any atom is 0.330 e. The Hall–Kier alpha value is -3.58. The van der Waals surface area contributed by atoms with Crippen molar-refractivity contribution in [2.24, 2.45) is 0 Å². The summed E-state index contributed by atoms with van der Waals surface area (Å²) in [6, 6.07) is 14.2. The lowest BCUT2D eigenvalue weighted by Gasteiger charge is -2.08. The van der Waals surface area contributed by atoms with Crippen LogP contribution in [0, 0.1) is 6.92 Å². The number of nitrogens with zero attached hydrogens (tertiary/aromatic N) is 2. The molecule has 0 atom stereocenters. The Morgan fingerprint density at radius 1 is 1.24 bits per heavy atom. The van der Waals surface area contributed by atoms with E-state index in [1.54, 1.807) is 54.7 Å². The second-order valence-electron chi connectivity index (χ2n) is 6.50. The van der Waals surface area contributed by atoms with Crippen LogP contribution in [0.2, 0.25) is 5.02 Å². The number of carbonyl (C=O) groups is 1. The Morgan fingerprint density at radius 3 is 2.76 bits per heavy atom. The van der Waals surface area contributed by atoms with E-state index in [0.29, 0.717) is 28.0 Å². The third-order valence-corrected chi connectivity index (χ3v) is 4.59. The monoisotopic (exact) mass is 408 g/mol. The van der Waals surface area contributed by atoms with E-state index in [2.05, 4.69) is 15.3 Å². The summed E-state index contributed by atoms with van der Waals surface area (Å²) in [5.41, 5.74) is 3.08. The van der Waals surface area contributed by atoms with Gasteiger partial charge in [-0.3, -0.25) is 9.36 Å². The van der Waals surface area contributed by atoms with Crippen LogP contribution < -0.4 is 11.0 Å². The Balaban J connectivity index is 1.46. The van der Waals surface area contributed by atoms with Gasteiger partial charge >= 0.3 is 5.69 Å². The van der Waals surface area contributed by atoms with E-state index in [-0.39, 0.29) is 18.0 Å². The first kappa shape index (κ1) is 18.8. The lowest BCUT2D eigenvalue weighted by atomic mass is 10.2. The molecule has 0 spiro atoms. The first-order chi connectivity index (χ1) is 14.0. The largest absolute Gasteiger partial charge is 0.444 e. The number of carbonyl (C=O) groups excluding carboxylic acids is 1. The van der Waals surface area contributed by atoms with Gasteiger partial charge < -0.3 is 14.7 Å². The molecule has 7 nitrogen and oxygen atoms in total. The first-order valence-corrected chi connectivity index (χ1v) is 9.25. The number of H-pyrrole nitrogens is 1. The molecule has 1 amide bonds. The minimum absolute atomic E-state index is 0.0600. The van der Waals surface area contributed by atoms with E-state index in [9.17, 15) is 9.59 Å². The van der Waals surface area contributed by atoms with Crippen molar-refractivity contribution in [2.45, 2.75) is 13.3 Å². The molecule has 2 heterocycles. The molecular weight excluding hydrogens is 392 g/mol. The van der Waals surface area contributed by atoms with Crippen LogP contribution in [0.5, 0.6) is 0 Å². The van der Waals surface area contributed by atoms with Gasteiger partial charge in [-0.2, -0.15) is 0 Å². The van der Waals surface area contributed by atoms with Crippen LogP contribution in [0.4, 0.5) is 5.69 Å². The van der Waals surface area contributed by atoms with Gasteiger partial charge in [0.25, 0.3) is 0 Å². The molecule has 0 fully saturated rings. The molecule has 4 aromatic rings. The van der Waals surface area contributed by atoms with Gasteiger partial charge in [0.15, 0.2) is 0 Å². The second kappa shape index (κ2) is 7.81. The highest BCUT2D eigenvalue weighted by Gasteiger charge is 2.12. The number of hydrogen-bond acceptors (Lipinski definition) is 4. The number of hydrogen-bond donors (Lipinski definition) is 2. The second-order valence-corrected chi connectivity index (χ2v) is 6.93. The van der Waals surface area contributed by atoms with Crippen LogP contribution in [-0.2, 0) is 11.2 Å². The number of anilines is 1. The fourth-order valence-electron chi connectivity index (χ4n) is 2.98. The number of rotatable bonds is 5. The van der Waals surface area contributed by atoms with Crippen LogP contribution in [0.1, 0.15) is 11.4 Å². The molecule has 2 aromatic carbocycles. The van der Waals surface area contributed by atoms with Gasteiger partial charge in [0.1, 0.15) is 6.26 Å². The summed E-state index contributed by atoms with van der Waals surface area (Å²) in [5.74, 6) is 0.185. The quantitative estimate of drug-likeness (QED) is 0.522. The van der Waals surface area contributed by atoms with Crippen LogP contribution in [-0.4, -0.2) is 20.4 Å². The van der Waals surface area contributed by atoms with Crippen molar-refractivity contribution in [3.63, 3.8) is 0 Å². The predicted octanol–water partition coefficient (Wildman–Crippen LogP) is 3.96. The average Bonchev–Trinajstić information content (AvgIpc) is 3.29. The van der Waals surface area contributed by atoms with E-state index >= 15 is 0 Å². The van der Waals surface area contributed by atoms with Gasteiger partial charge in [-0.05, 0) is 49.4 Å². The zero-order chi connectivity index (χ0) is 20.4. The SMILES string of the molecule is Cc1c[nH]c(=O)n1-c1cccc(NC(=O)Cc2coc(-c3ccc(Cl)cc3)n2)c1. The summed E-state index contributed by atoms with van der Waals surface area (Å²) >= 11 is 5.89. The lowest BCUT2D eigenvalue weighted by molar-refractivity contribution is -0.115. The smallest absolute Gasteiger partial charge is 0.330 e. The fourth-order valence-corrected chi connectivity index (χ4v) is 3.11. The van der Waals surface area contributed by atoms with Gasteiger partial charge in [-0.1, -0.05) is 17.7 Å². The number of aryl methyl sites for hydroxylation is 1. The van der Waals surface area contributed by atoms with Gasteiger partial charge in [0.05, 0.1) is 17.8 Å². The maximum absolute atomic E-state index is 12.4. The van der Waals surface area contributed by atoms with E-state index in [1.807, 2.05) is 6.92 Å². The van der Waals surface area contributed by atoms with Crippen molar-refractivity contribution in [3.8, 4) is 17.1 Å². The highest BCUT2D eigenvalue weighted by Crippen LogP contribution is 2.21. The molecule has 29 heavy (non-hydrogen) atoms. The number of benzene rings is 2. The average molecular weight is 409 g/mol. The molecule has 2 aromatic heterocycles. The number of aromatic nitrogens is 3. The Labute approximate surface area is 171 Å². The molecule has 0 unspecified atom stereocenters. The molecule has 8 heteroatoms.